The number of carbonyl (C=O) groups is 2. The van der Waals surface area contributed by atoms with Crippen molar-refractivity contribution in [2.75, 3.05) is 0 Å². The Kier molecular flexibility index (Phi) is 5.77. The van der Waals surface area contributed by atoms with Gasteiger partial charge in [-0.25, -0.2) is 9.59 Å². The van der Waals surface area contributed by atoms with Gasteiger partial charge in [-0.05, 0) is 18.2 Å². The van der Waals surface area contributed by atoms with Crippen LogP contribution in [0, 0.1) is 0 Å². The average Bonchev–Trinajstić information content (AvgIpc) is 2.14. The number of rotatable bonds is 4. The molecule has 0 spiro atoms. The van der Waals surface area contributed by atoms with E-state index in [1.165, 1.54) is 0 Å². The second-order valence-electron chi connectivity index (χ2n) is 2.87. The molecule has 0 unspecified atom stereocenters. The van der Waals surface area contributed by atoms with Gasteiger partial charge in [-0.15, -0.1) is 0 Å². The van der Waals surface area contributed by atoms with Crippen LogP contribution in [-0.4, -0.2) is 64.7 Å². The Morgan fingerprint density at radius 2 is 1.39 bits per heavy atom. The third kappa shape index (κ3) is 5.02. The van der Waals surface area contributed by atoms with E-state index in [4.69, 9.17) is 14.8 Å². The maximum atomic E-state index is 10.6. The second kappa shape index (κ2) is 6.16. The second-order valence-corrected chi connectivity index (χ2v) is 3.89. The van der Waals surface area contributed by atoms with E-state index in [-0.39, 0.29) is 29.6 Å². The number of hydrogen-bond donors (Lipinski definition) is 3. The summed E-state index contributed by atoms with van der Waals surface area (Å²) in [5.74, 6) is -3.54. The molecule has 8 nitrogen and oxygen atoms in total. The third-order valence-electron chi connectivity index (χ3n) is 1.60. The van der Waals surface area contributed by atoms with Crippen LogP contribution in [0.3, 0.4) is 0 Å². The fourth-order valence-electron chi connectivity index (χ4n) is 1.02. The van der Waals surface area contributed by atoms with E-state index in [0.29, 0.717) is 0 Å². The van der Waals surface area contributed by atoms with Crippen LogP contribution in [0.15, 0.2) is 18.2 Å². The number of carboxylic acids is 2. The molecule has 0 heterocycles. The Hall–Kier alpha value is -1.13. The molecule has 0 atom stereocenters. The number of hydrogen-bond acceptors (Lipinski definition) is 5. The van der Waals surface area contributed by atoms with Crippen LogP contribution >= 0.6 is 0 Å². The van der Waals surface area contributed by atoms with Gasteiger partial charge in [-0.3, -0.25) is 4.55 Å². The van der Waals surface area contributed by atoms with Crippen molar-refractivity contribution in [2.45, 2.75) is 0 Å². The van der Waals surface area contributed by atoms with Gasteiger partial charge in [0.1, 0.15) is 5.75 Å². The van der Waals surface area contributed by atoms with Crippen molar-refractivity contribution in [3.63, 3.8) is 0 Å². The Morgan fingerprint density at radius 3 is 1.67 bits per heavy atom. The summed E-state index contributed by atoms with van der Waals surface area (Å²) in [5, 5.41) is 17.3. The predicted molar refractivity (Wildman–Crippen MR) is 59.7 cm³/mol. The molecular formula is C8H7NaO8S. The monoisotopic (exact) mass is 286 g/mol. The minimum absolute atomic E-state index is 0. The molecule has 0 amide bonds. The normalized spacial score (nSPS) is 10.3. The minimum atomic E-state index is -4.85. The molecule has 0 bridgehead atoms. The number of benzene rings is 1. The summed E-state index contributed by atoms with van der Waals surface area (Å²) in [6.45, 7) is 0. The molecule has 3 N–H and O–H groups in total. The van der Waals surface area contributed by atoms with Crippen molar-refractivity contribution < 1.29 is 37.0 Å². The van der Waals surface area contributed by atoms with Gasteiger partial charge >= 0.3 is 51.9 Å². The summed E-state index contributed by atoms with van der Waals surface area (Å²) in [7, 11) is -4.85. The zero-order valence-electron chi connectivity index (χ0n) is 8.02. The van der Waals surface area contributed by atoms with Crippen molar-refractivity contribution in [3.05, 3.63) is 29.3 Å². The molecule has 18 heavy (non-hydrogen) atoms. The summed E-state index contributed by atoms with van der Waals surface area (Å²) in [5.41, 5.74) is -0.966. The molecule has 1 aromatic carbocycles. The maximum absolute atomic E-state index is 10.6. The van der Waals surface area contributed by atoms with Gasteiger partial charge in [0.2, 0.25) is 0 Å². The molecule has 0 aliphatic carbocycles. The van der Waals surface area contributed by atoms with Gasteiger partial charge in [0.15, 0.2) is 0 Å². The quantitative estimate of drug-likeness (QED) is 0.502. The Labute approximate surface area is 123 Å². The molecule has 0 aliphatic rings. The van der Waals surface area contributed by atoms with Crippen LogP contribution in [0.2, 0.25) is 0 Å². The number of aromatic carboxylic acids is 2. The van der Waals surface area contributed by atoms with Crippen molar-refractivity contribution in [1.29, 1.82) is 0 Å². The van der Waals surface area contributed by atoms with E-state index in [1.54, 1.807) is 0 Å². The van der Waals surface area contributed by atoms with Gasteiger partial charge in [-0.1, -0.05) is 0 Å². The van der Waals surface area contributed by atoms with Crippen molar-refractivity contribution in [1.82, 2.24) is 0 Å². The summed E-state index contributed by atoms with van der Waals surface area (Å²) in [6.07, 6.45) is 0. The average molecular weight is 286 g/mol. The Morgan fingerprint density at radius 1 is 1.00 bits per heavy atom. The molecule has 1 rings (SSSR count). The van der Waals surface area contributed by atoms with Gasteiger partial charge in [-0.2, -0.15) is 8.42 Å². The van der Waals surface area contributed by atoms with Crippen LogP contribution in [0.4, 0.5) is 0 Å². The summed E-state index contributed by atoms with van der Waals surface area (Å²) >= 11 is 0. The van der Waals surface area contributed by atoms with E-state index in [1.807, 2.05) is 0 Å². The molecule has 0 fully saturated rings. The van der Waals surface area contributed by atoms with Crippen LogP contribution in [-0.2, 0) is 10.4 Å². The van der Waals surface area contributed by atoms with Gasteiger partial charge in [0.05, 0.1) is 11.1 Å². The zero-order valence-corrected chi connectivity index (χ0v) is 8.84. The zero-order chi connectivity index (χ0) is 13.2. The first kappa shape index (κ1) is 16.9. The van der Waals surface area contributed by atoms with Crippen LogP contribution in [0.5, 0.6) is 5.75 Å². The molecule has 0 saturated carbocycles. The molecule has 0 radical (unpaired) electrons. The molecule has 0 aromatic heterocycles. The fourth-order valence-corrected chi connectivity index (χ4v) is 1.36. The third-order valence-corrected chi connectivity index (χ3v) is 2.01. The Balaban J connectivity index is 0.00000289. The van der Waals surface area contributed by atoms with Crippen molar-refractivity contribution in [3.8, 4) is 5.75 Å². The molecule has 1 aromatic rings. The summed E-state index contributed by atoms with van der Waals surface area (Å²) in [6, 6.07) is 2.35. The first-order valence-corrected chi connectivity index (χ1v) is 5.34. The van der Waals surface area contributed by atoms with Crippen LogP contribution in [0.1, 0.15) is 20.7 Å². The van der Waals surface area contributed by atoms with E-state index in [0.717, 1.165) is 18.2 Å². The van der Waals surface area contributed by atoms with Crippen LogP contribution in [0.25, 0.3) is 0 Å². The fraction of sp³-hybridized carbons (Fsp3) is 0. The van der Waals surface area contributed by atoms with Crippen molar-refractivity contribution in [2.24, 2.45) is 0 Å². The molecule has 0 aliphatic heterocycles. The SMILES string of the molecule is O=C(O)c1cc(OS(=O)(=O)O)cc(C(=O)O)c1.[NaH]. The first-order chi connectivity index (χ1) is 7.69. The van der Waals surface area contributed by atoms with Gasteiger partial charge in [0.25, 0.3) is 0 Å². The molecule has 94 valence electrons. The molecular weight excluding hydrogens is 279 g/mol. The van der Waals surface area contributed by atoms with Gasteiger partial charge in [0, 0.05) is 0 Å². The molecule has 10 heteroatoms. The standard InChI is InChI=1S/C8H6O8S.Na.H/c9-7(10)4-1-5(8(11)12)3-6(2-4)16-17(13,14)15;;/h1-3H,(H,9,10)(H,11,12)(H,13,14,15);;. The topological polar surface area (TPSA) is 138 Å². The summed E-state index contributed by atoms with van der Waals surface area (Å²) in [4.78, 5) is 21.3. The van der Waals surface area contributed by atoms with E-state index < -0.39 is 39.2 Å². The number of carboxylic acid groups (broad SMARTS) is 2. The van der Waals surface area contributed by atoms with Crippen molar-refractivity contribution >= 4 is 51.9 Å². The van der Waals surface area contributed by atoms with Gasteiger partial charge < -0.3 is 14.4 Å². The summed E-state index contributed by atoms with van der Waals surface area (Å²) < 4.78 is 33.2. The van der Waals surface area contributed by atoms with Crippen LogP contribution < -0.4 is 4.18 Å². The predicted octanol–water partition coefficient (Wildman–Crippen LogP) is -0.384. The van der Waals surface area contributed by atoms with E-state index in [9.17, 15) is 18.0 Å². The first-order valence-electron chi connectivity index (χ1n) is 3.97. The Bertz CT molecular complexity index is 547. The van der Waals surface area contributed by atoms with E-state index in [2.05, 4.69) is 4.18 Å². The van der Waals surface area contributed by atoms with E-state index >= 15 is 0 Å². The molecule has 0 saturated heterocycles.